The highest BCUT2D eigenvalue weighted by Crippen LogP contribution is 2.25. The molecule has 0 aromatic heterocycles. The quantitative estimate of drug-likeness (QED) is 0.804. The first-order chi connectivity index (χ1) is 9.68. The summed E-state index contributed by atoms with van der Waals surface area (Å²) in [6.07, 6.45) is 8.08. The highest BCUT2D eigenvalue weighted by molar-refractivity contribution is 5.81. The smallest absolute Gasteiger partial charge is 0.239 e. The lowest BCUT2D eigenvalue weighted by Crippen LogP contribution is -2.52. The van der Waals surface area contributed by atoms with Gasteiger partial charge < -0.3 is 15.0 Å². The maximum Gasteiger partial charge on any atom is 0.239 e. The van der Waals surface area contributed by atoms with Crippen LogP contribution in [0.15, 0.2) is 0 Å². The Hall–Kier alpha value is -0.610. The number of hydrogen-bond donors (Lipinski definition) is 1. The summed E-state index contributed by atoms with van der Waals surface area (Å²) in [7, 11) is 0. The standard InChI is InChI=1S/C16H30N2O2/c1-13(15-7-5-3-4-6-8-15)17-14(2)16(19)18-9-11-20-12-10-18/h13-15,17H,3-12H2,1-2H3/t13-,14?/m1/s1. The molecule has 1 saturated heterocycles. The molecular formula is C16H30N2O2. The molecule has 4 nitrogen and oxygen atoms in total. The molecule has 2 atom stereocenters. The Morgan fingerprint density at radius 2 is 1.70 bits per heavy atom. The van der Waals surface area contributed by atoms with E-state index in [1.54, 1.807) is 0 Å². The Kier molecular flexibility index (Phi) is 6.30. The zero-order valence-electron chi connectivity index (χ0n) is 13.1. The molecule has 116 valence electrons. The molecule has 1 N–H and O–H groups in total. The number of amides is 1. The third-order valence-corrected chi connectivity index (χ3v) is 4.81. The largest absolute Gasteiger partial charge is 0.378 e. The van der Waals surface area contributed by atoms with Crippen LogP contribution in [0.3, 0.4) is 0 Å². The van der Waals surface area contributed by atoms with E-state index in [1.165, 1.54) is 38.5 Å². The lowest BCUT2D eigenvalue weighted by atomic mass is 9.92. The third-order valence-electron chi connectivity index (χ3n) is 4.81. The van der Waals surface area contributed by atoms with Gasteiger partial charge in [-0.25, -0.2) is 0 Å². The minimum atomic E-state index is -0.0775. The molecule has 1 aliphatic carbocycles. The number of carbonyl (C=O) groups is 1. The van der Waals surface area contributed by atoms with E-state index in [1.807, 2.05) is 11.8 Å². The molecule has 0 radical (unpaired) electrons. The van der Waals surface area contributed by atoms with Crippen molar-refractivity contribution in [2.45, 2.75) is 64.5 Å². The molecule has 1 unspecified atom stereocenters. The van der Waals surface area contributed by atoms with Gasteiger partial charge in [0.25, 0.3) is 0 Å². The molecule has 0 bridgehead atoms. The zero-order valence-corrected chi connectivity index (χ0v) is 13.1. The van der Waals surface area contributed by atoms with Gasteiger partial charge in [0.2, 0.25) is 5.91 Å². The van der Waals surface area contributed by atoms with E-state index < -0.39 is 0 Å². The van der Waals surface area contributed by atoms with Crippen molar-refractivity contribution in [1.82, 2.24) is 10.2 Å². The van der Waals surface area contributed by atoms with Crippen LogP contribution in [0, 0.1) is 5.92 Å². The topological polar surface area (TPSA) is 41.6 Å². The average molecular weight is 282 g/mol. The van der Waals surface area contributed by atoms with Gasteiger partial charge in [0.05, 0.1) is 19.3 Å². The van der Waals surface area contributed by atoms with Crippen LogP contribution in [0.25, 0.3) is 0 Å². The molecule has 2 fully saturated rings. The molecule has 1 amide bonds. The van der Waals surface area contributed by atoms with Gasteiger partial charge >= 0.3 is 0 Å². The minimum Gasteiger partial charge on any atom is -0.378 e. The Balaban J connectivity index is 1.79. The van der Waals surface area contributed by atoms with Crippen LogP contribution >= 0.6 is 0 Å². The molecule has 1 saturated carbocycles. The van der Waals surface area contributed by atoms with Crippen molar-refractivity contribution in [3.05, 3.63) is 0 Å². The van der Waals surface area contributed by atoms with E-state index >= 15 is 0 Å². The SMILES string of the molecule is CC(N[C@H](C)C1CCCCCC1)C(=O)N1CCOCC1. The van der Waals surface area contributed by atoms with Gasteiger partial charge in [0.1, 0.15) is 0 Å². The monoisotopic (exact) mass is 282 g/mol. The van der Waals surface area contributed by atoms with Crippen molar-refractivity contribution in [3.63, 3.8) is 0 Å². The molecular weight excluding hydrogens is 252 g/mol. The number of ether oxygens (including phenoxy) is 1. The van der Waals surface area contributed by atoms with Gasteiger partial charge in [-0.1, -0.05) is 25.7 Å². The highest BCUT2D eigenvalue weighted by atomic mass is 16.5. The molecule has 1 aliphatic heterocycles. The maximum atomic E-state index is 12.4. The third kappa shape index (κ3) is 4.45. The molecule has 0 aromatic rings. The first-order valence-corrected chi connectivity index (χ1v) is 8.31. The van der Waals surface area contributed by atoms with E-state index in [2.05, 4.69) is 12.2 Å². The Morgan fingerprint density at radius 1 is 1.10 bits per heavy atom. The van der Waals surface area contributed by atoms with E-state index in [9.17, 15) is 4.79 Å². The summed E-state index contributed by atoms with van der Waals surface area (Å²) in [5.74, 6) is 0.964. The second-order valence-electron chi connectivity index (χ2n) is 6.37. The minimum absolute atomic E-state index is 0.0775. The van der Waals surface area contributed by atoms with Crippen molar-refractivity contribution in [2.24, 2.45) is 5.92 Å². The normalized spacial score (nSPS) is 25.0. The van der Waals surface area contributed by atoms with Crippen molar-refractivity contribution in [2.75, 3.05) is 26.3 Å². The molecule has 0 spiro atoms. The van der Waals surface area contributed by atoms with E-state index in [0.29, 0.717) is 19.3 Å². The zero-order chi connectivity index (χ0) is 14.4. The summed E-state index contributed by atoms with van der Waals surface area (Å²) in [6.45, 7) is 7.09. The number of hydrogen-bond acceptors (Lipinski definition) is 3. The van der Waals surface area contributed by atoms with Crippen LogP contribution in [0.2, 0.25) is 0 Å². The second kappa shape index (κ2) is 7.99. The summed E-state index contributed by atoms with van der Waals surface area (Å²) < 4.78 is 5.31. The Morgan fingerprint density at radius 3 is 2.30 bits per heavy atom. The first kappa shape index (κ1) is 15.8. The Labute approximate surface area is 123 Å². The van der Waals surface area contributed by atoms with Crippen molar-refractivity contribution >= 4 is 5.91 Å². The van der Waals surface area contributed by atoms with Gasteiger partial charge in [-0.15, -0.1) is 0 Å². The van der Waals surface area contributed by atoms with Crippen LogP contribution < -0.4 is 5.32 Å². The van der Waals surface area contributed by atoms with Crippen LogP contribution in [0.1, 0.15) is 52.4 Å². The van der Waals surface area contributed by atoms with Crippen LogP contribution in [-0.2, 0) is 9.53 Å². The van der Waals surface area contributed by atoms with Gasteiger partial charge in [0, 0.05) is 19.1 Å². The number of rotatable bonds is 4. The predicted molar refractivity (Wildman–Crippen MR) is 80.7 cm³/mol. The predicted octanol–water partition coefficient (Wildman–Crippen LogP) is 2.18. The maximum absolute atomic E-state index is 12.4. The van der Waals surface area contributed by atoms with Crippen LogP contribution in [-0.4, -0.2) is 49.2 Å². The molecule has 0 aromatic carbocycles. The summed E-state index contributed by atoms with van der Waals surface area (Å²) in [6, 6.07) is 0.361. The summed E-state index contributed by atoms with van der Waals surface area (Å²) in [5, 5.41) is 3.54. The lowest BCUT2D eigenvalue weighted by Gasteiger charge is -2.32. The molecule has 2 aliphatic rings. The molecule has 2 rings (SSSR count). The first-order valence-electron chi connectivity index (χ1n) is 8.31. The molecule has 1 heterocycles. The van der Waals surface area contributed by atoms with Crippen molar-refractivity contribution in [3.8, 4) is 0 Å². The average Bonchev–Trinajstić information content (AvgIpc) is 2.76. The van der Waals surface area contributed by atoms with Crippen molar-refractivity contribution in [1.29, 1.82) is 0 Å². The van der Waals surface area contributed by atoms with Crippen LogP contribution in [0.4, 0.5) is 0 Å². The molecule has 20 heavy (non-hydrogen) atoms. The van der Waals surface area contributed by atoms with Gasteiger partial charge in [0.15, 0.2) is 0 Å². The van der Waals surface area contributed by atoms with Crippen molar-refractivity contribution < 1.29 is 9.53 Å². The van der Waals surface area contributed by atoms with E-state index in [-0.39, 0.29) is 11.9 Å². The van der Waals surface area contributed by atoms with Crippen LogP contribution in [0.5, 0.6) is 0 Å². The number of carbonyl (C=O) groups excluding carboxylic acids is 1. The summed E-state index contributed by atoms with van der Waals surface area (Å²) in [5.41, 5.74) is 0. The van der Waals surface area contributed by atoms with Gasteiger partial charge in [-0.3, -0.25) is 4.79 Å². The number of nitrogens with one attached hydrogen (secondary N) is 1. The lowest BCUT2D eigenvalue weighted by molar-refractivity contribution is -0.137. The van der Waals surface area contributed by atoms with Gasteiger partial charge in [-0.2, -0.15) is 0 Å². The fourth-order valence-corrected chi connectivity index (χ4v) is 3.47. The van der Waals surface area contributed by atoms with E-state index in [0.717, 1.165) is 19.0 Å². The molecule has 4 heteroatoms. The summed E-state index contributed by atoms with van der Waals surface area (Å²) in [4.78, 5) is 14.3. The fourth-order valence-electron chi connectivity index (χ4n) is 3.47. The second-order valence-corrected chi connectivity index (χ2v) is 6.37. The van der Waals surface area contributed by atoms with E-state index in [4.69, 9.17) is 4.74 Å². The fraction of sp³-hybridized carbons (Fsp3) is 0.938. The number of morpholine rings is 1. The summed E-state index contributed by atoms with van der Waals surface area (Å²) >= 11 is 0. The number of nitrogens with zero attached hydrogens (tertiary/aromatic N) is 1. The highest BCUT2D eigenvalue weighted by Gasteiger charge is 2.26. The Bertz CT molecular complexity index is 295. The van der Waals surface area contributed by atoms with Gasteiger partial charge in [-0.05, 0) is 32.6 Å².